The maximum Gasteiger partial charge on any atom is 0.0714 e. The van der Waals surface area contributed by atoms with Crippen molar-refractivity contribution in [1.82, 2.24) is 0 Å². The zero-order chi connectivity index (χ0) is 37.8. The van der Waals surface area contributed by atoms with Crippen LogP contribution in [0.4, 0.5) is 17.1 Å². The van der Waals surface area contributed by atoms with Crippen molar-refractivity contribution >= 4 is 48.6 Å². The molecule has 0 saturated heterocycles. The first kappa shape index (κ1) is 33.3. The number of hydrogen-bond donors (Lipinski definition) is 0. The van der Waals surface area contributed by atoms with Gasteiger partial charge < -0.3 is 4.90 Å². The molecule has 0 radical (unpaired) electrons. The van der Waals surface area contributed by atoms with Crippen LogP contribution in [0.1, 0.15) is 22.3 Å². The van der Waals surface area contributed by atoms with E-state index in [-0.39, 0.29) is 0 Å². The third-order valence-electron chi connectivity index (χ3n) is 11.8. The summed E-state index contributed by atoms with van der Waals surface area (Å²) in [6.07, 6.45) is 0. The lowest BCUT2D eigenvalue weighted by Crippen LogP contribution is -2.28. The molecule has 0 spiro atoms. The highest BCUT2D eigenvalue weighted by Gasteiger charge is 2.46. The second-order valence-corrected chi connectivity index (χ2v) is 15.9. The van der Waals surface area contributed by atoms with Crippen LogP contribution in [0.3, 0.4) is 0 Å². The molecule has 1 aromatic heterocycles. The van der Waals surface area contributed by atoms with Crippen molar-refractivity contribution < 1.29 is 0 Å². The minimum absolute atomic E-state index is 0.491. The SMILES string of the molecule is c1ccc(-c2ccc(N(c3ccc(-c4ccccc4)cc3)c3ccc(C4(c5ccc6c(c5)sc5ccccc56)c5ccccc5-c5ccccc54)cc3)cc2)cc1. The van der Waals surface area contributed by atoms with Crippen LogP contribution in [-0.2, 0) is 5.41 Å². The molecule has 1 heterocycles. The largest absolute Gasteiger partial charge is 0.311 e. The fraction of sp³-hybridized carbons (Fsp3) is 0.0182. The summed E-state index contributed by atoms with van der Waals surface area (Å²) in [6.45, 7) is 0. The van der Waals surface area contributed by atoms with Crippen molar-refractivity contribution in [1.29, 1.82) is 0 Å². The standard InChI is InChI=1S/C55H37NS/c1-3-13-38(14-4-1)40-23-30-44(31-24-40)56(45-32-25-41(26-33-45)39-15-5-2-6-16-39)46-34-27-42(28-35-46)55(51-20-10-7-17-47(51)48-18-8-11-21-52(48)55)43-29-36-50-49-19-9-12-22-53(49)57-54(50)37-43/h1-37H. The third-order valence-corrected chi connectivity index (χ3v) is 12.9. The van der Waals surface area contributed by atoms with Crippen molar-refractivity contribution in [3.8, 4) is 33.4 Å². The predicted molar refractivity (Wildman–Crippen MR) is 242 cm³/mol. The molecular weight excluding hydrogens is 707 g/mol. The Balaban J connectivity index is 1.08. The minimum Gasteiger partial charge on any atom is -0.311 e. The number of benzene rings is 9. The van der Waals surface area contributed by atoms with Crippen LogP contribution in [0, 0.1) is 0 Å². The maximum atomic E-state index is 2.46. The number of nitrogens with zero attached hydrogens (tertiary/aromatic N) is 1. The first-order valence-electron chi connectivity index (χ1n) is 19.6. The van der Waals surface area contributed by atoms with Crippen LogP contribution in [0.5, 0.6) is 0 Å². The van der Waals surface area contributed by atoms with Gasteiger partial charge in [0.25, 0.3) is 0 Å². The van der Waals surface area contributed by atoms with Gasteiger partial charge in [-0.05, 0) is 104 Å². The smallest absolute Gasteiger partial charge is 0.0714 e. The van der Waals surface area contributed by atoms with Crippen LogP contribution in [0.2, 0.25) is 0 Å². The third kappa shape index (κ3) is 5.44. The van der Waals surface area contributed by atoms with E-state index in [4.69, 9.17) is 0 Å². The molecule has 1 aliphatic rings. The van der Waals surface area contributed by atoms with Crippen LogP contribution in [0.25, 0.3) is 53.6 Å². The highest BCUT2D eigenvalue weighted by molar-refractivity contribution is 7.25. The van der Waals surface area contributed by atoms with Gasteiger partial charge in [-0.15, -0.1) is 11.3 Å². The molecule has 2 heteroatoms. The molecule has 10 aromatic rings. The zero-order valence-corrected chi connectivity index (χ0v) is 32.0. The van der Waals surface area contributed by atoms with E-state index in [0.29, 0.717) is 0 Å². The summed E-state index contributed by atoms with van der Waals surface area (Å²) in [5, 5.41) is 2.64. The molecule has 0 amide bonds. The normalized spacial score (nSPS) is 12.7. The molecule has 0 bridgehead atoms. The fourth-order valence-electron chi connectivity index (χ4n) is 9.16. The molecule has 1 nitrogen and oxygen atoms in total. The Morgan fingerprint density at radius 1 is 0.316 bits per heavy atom. The Morgan fingerprint density at radius 2 is 0.737 bits per heavy atom. The topological polar surface area (TPSA) is 3.24 Å². The van der Waals surface area contributed by atoms with Crippen LogP contribution < -0.4 is 4.90 Å². The molecule has 0 saturated carbocycles. The highest BCUT2D eigenvalue weighted by Crippen LogP contribution is 2.57. The van der Waals surface area contributed by atoms with Crippen LogP contribution in [-0.4, -0.2) is 0 Å². The monoisotopic (exact) mass is 743 g/mol. The van der Waals surface area contributed by atoms with Crippen molar-refractivity contribution in [2.24, 2.45) is 0 Å². The number of fused-ring (bicyclic) bond motifs is 6. The first-order chi connectivity index (χ1) is 28.3. The Morgan fingerprint density at radius 3 is 1.30 bits per heavy atom. The molecule has 0 fully saturated rings. The van der Waals surface area contributed by atoms with Crippen molar-refractivity contribution in [3.63, 3.8) is 0 Å². The maximum absolute atomic E-state index is 2.46. The number of hydrogen-bond acceptors (Lipinski definition) is 2. The lowest BCUT2D eigenvalue weighted by molar-refractivity contribution is 0.770. The average Bonchev–Trinajstić information content (AvgIpc) is 3.81. The van der Waals surface area contributed by atoms with Gasteiger partial charge >= 0.3 is 0 Å². The summed E-state index contributed by atoms with van der Waals surface area (Å²) in [6, 6.07) is 82.4. The molecule has 9 aromatic carbocycles. The molecule has 268 valence electrons. The van der Waals surface area contributed by atoms with Gasteiger partial charge in [0, 0.05) is 37.2 Å². The minimum atomic E-state index is -0.491. The van der Waals surface area contributed by atoms with E-state index in [9.17, 15) is 0 Å². The quantitative estimate of drug-likeness (QED) is 0.157. The van der Waals surface area contributed by atoms with Gasteiger partial charge in [0.2, 0.25) is 0 Å². The van der Waals surface area contributed by atoms with E-state index in [0.717, 1.165) is 17.1 Å². The molecule has 11 rings (SSSR count). The summed E-state index contributed by atoms with van der Waals surface area (Å²) in [5.41, 5.74) is 15.4. The van der Waals surface area contributed by atoms with E-state index >= 15 is 0 Å². The molecular formula is C55H37NS. The van der Waals surface area contributed by atoms with Gasteiger partial charge in [-0.2, -0.15) is 0 Å². The summed E-state index contributed by atoms with van der Waals surface area (Å²) in [4.78, 5) is 2.37. The predicted octanol–water partition coefficient (Wildman–Crippen LogP) is 15.2. The zero-order valence-electron chi connectivity index (χ0n) is 31.2. The lowest BCUT2D eigenvalue weighted by atomic mass is 9.67. The first-order valence-corrected chi connectivity index (χ1v) is 20.4. The Bertz CT molecular complexity index is 2910. The second kappa shape index (κ2) is 13.6. The van der Waals surface area contributed by atoms with Crippen LogP contribution in [0.15, 0.2) is 224 Å². The van der Waals surface area contributed by atoms with Gasteiger partial charge in [0.1, 0.15) is 0 Å². The Kier molecular flexibility index (Phi) is 7.98. The number of thiophene rings is 1. The van der Waals surface area contributed by atoms with Gasteiger partial charge in [0.15, 0.2) is 0 Å². The van der Waals surface area contributed by atoms with Gasteiger partial charge in [-0.1, -0.05) is 176 Å². The number of rotatable bonds is 7. The van der Waals surface area contributed by atoms with E-state index in [1.54, 1.807) is 0 Å². The van der Waals surface area contributed by atoms with Crippen molar-refractivity contribution in [3.05, 3.63) is 247 Å². The van der Waals surface area contributed by atoms with E-state index in [1.165, 1.54) is 75.8 Å². The summed E-state index contributed by atoms with van der Waals surface area (Å²) in [7, 11) is 0. The van der Waals surface area contributed by atoms with Gasteiger partial charge in [0.05, 0.1) is 5.41 Å². The average molecular weight is 744 g/mol. The van der Waals surface area contributed by atoms with E-state index in [1.807, 2.05) is 11.3 Å². The van der Waals surface area contributed by atoms with E-state index in [2.05, 4.69) is 229 Å². The molecule has 1 aliphatic carbocycles. The van der Waals surface area contributed by atoms with E-state index < -0.39 is 5.41 Å². The Hall–Kier alpha value is -7.00. The van der Waals surface area contributed by atoms with Gasteiger partial charge in [-0.25, -0.2) is 0 Å². The molecule has 0 N–H and O–H groups in total. The molecule has 0 unspecified atom stereocenters. The fourth-order valence-corrected chi connectivity index (χ4v) is 10.3. The highest BCUT2D eigenvalue weighted by atomic mass is 32.1. The molecule has 0 atom stereocenters. The van der Waals surface area contributed by atoms with Crippen molar-refractivity contribution in [2.45, 2.75) is 5.41 Å². The lowest BCUT2D eigenvalue weighted by Gasteiger charge is -2.34. The Labute approximate surface area is 337 Å². The molecule has 0 aliphatic heterocycles. The number of anilines is 3. The second-order valence-electron chi connectivity index (χ2n) is 14.9. The summed E-state index contributed by atoms with van der Waals surface area (Å²) < 4.78 is 2.64. The molecule has 57 heavy (non-hydrogen) atoms. The van der Waals surface area contributed by atoms with Crippen molar-refractivity contribution in [2.75, 3.05) is 4.90 Å². The van der Waals surface area contributed by atoms with Gasteiger partial charge in [-0.3, -0.25) is 0 Å². The van der Waals surface area contributed by atoms with Crippen LogP contribution >= 0.6 is 11.3 Å². The summed E-state index contributed by atoms with van der Waals surface area (Å²) >= 11 is 1.88. The summed E-state index contributed by atoms with van der Waals surface area (Å²) in [5.74, 6) is 0.